The van der Waals surface area contributed by atoms with E-state index in [1.165, 1.54) is 13.2 Å². The third-order valence-electron chi connectivity index (χ3n) is 4.72. The van der Waals surface area contributed by atoms with E-state index < -0.39 is 59.0 Å². The van der Waals surface area contributed by atoms with Crippen LogP contribution in [-0.4, -0.2) is 51.9 Å². The second kappa shape index (κ2) is 12.5. The molecular weight excluding hydrogens is 537 g/mol. The Morgan fingerprint density at radius 2 is 1.73 bits per heavy atom. The number of nitrogens with one attached hydrogen (secondary N) is 1. The SMILES string of the molecule is COC(=O)CCc1ccc(C(=O)NCC(C(=O)OC(C)(C)C)N(c2ccc(C(F)(F)F)cc2)S(=O)O)s1. The molecule has 204 valence electrons. The highest BCUT2D eigenvalue weighted by molar-refractivity contribution is 7.80. The molecule has 2 aromatic rings. The first-order chi connectivity index (χ1) is 17.1. The number of ether oxygens (including phenoxy) is 2. The lowest BCUT2D eigenvalue weighted by molar-refractivity contribution is -0.156. The maximum atomic E-state index is 13.0. The van der Waals surface area contributed by atoms with Crippen molar-refractivity contribution in [2.24, 2.45) is 0 Å². The summed E-state index contributed by atoms with van der Waals surface area (Å²) in [7, 11) is 1.27. The predicted octanol–water partition coefficient (Wildman–Crippen LogP) is 3.96. The Kier molecular flexibility index (Phi) is 10.2. The number of rotatable bonds is 10. The number of anilines is 1. The molecule has 1 aromatic heterocycles. The molecule has 0 aliphatic heterocycles. The number of aryl methyl sites for hydroxylation is 1. The summed E-state index contributed by atoms with van der Waals surface area (Å²) < 4.78 is 71.6. The number of esters is 2. The van der Waals surface area contributed by atoms with Crippen LogP contribution in [0.2, 0.25) is 0 Å². The normalized spacial score (nSPS) is 13.4. The number of methoxy groups -OCH3 is 1. The van der Waals surface area contributed by atoms with E-state index in [-0.39, 0.29) is 17.0 Å². The Hall–Kier alpha value is -2.97. The average Bonchev–Trinajstić information content (AvgIpc) is 3.27. The number of amides is 1. The van der Waals surface area contributed by atoms with Gasteiger partial charge >= 0.3 is 18.1 Å². The second-order valence-corrected chi connectivity index (χ2v) is 10.7. The molecule has 0 bridgehead atoms. The minimum Gasteiger partial charge on any atom is -0.469 e. The van der Waals surface area contributed by atoms with Crippen molar-refractivity contribution in [1.29, 1.82) is 0 Å². The van der Waals surface area contributed by atoms with Gasteiger partial charge in [-0.15, -0.1) is 11.3 Å². The summed E-state index contributed by atoms with van der Waals surface area (Å²) in [5.41, 5.74) is -2.15. The van der Waals surface area contributed by atoms with Gasteiger partial charge in [0.2, 0.25) is 0 Å². The number of benzene rings is 1. The van der Waals surface area contributed by atoms with Crippen LogP contribution >= 0.6 is 11.3 Å². The van der Waals surface area contributed by atoms with Gasteiger partial charge in [-0.3, -0.25) is 18.4 Å². The van der Waals surface area contributed by atoms with E-state index >= 15 is 0 Å². The Morgan fingerprint density at radius 1 is 1.11 bits per heavy atom. The van der Waals surface area contributed by atoms with E-state index in [0.29, 0.717) is 22.9 Å². The summed E-state index contributed by atoms with van der Waals surface area (Å²) in [6.45, 7) is 4.22. The molecule has 2 unspecified atom stereocenters. The van der Waals surface area contributed by atoms with Gasteiger partial charge in [0, 0.05) is 4.88 Å². The fourth-order valence-electron chi connectivity index (χ4n) is 3.05. The molecular formula is C23H27F3N2O7S2. The number of hydrogen-bond donors (Lipinski definition) is 2. The summed E-state index contributed by atoms with van der Waals surface area (Å²) in [6.07, 6.45) is -4.14. The van der Waals surface area contributed by atoms with Crippen molar-refractivity contribution in [3.63, 3.8) is 0 Å². The van der Waals surface area contributed by atoms with Crippen molar-refractivity contribution in [3.8, 4) is 0 Å². The maximum Gasteiger partial charge on any atom is 0.416 e. The monoisotopic (exact) mass is 564 g/mol. The standard InChI is InChI=1S/C23H27F3N2O7S2/c1-22(2,3)35-21(31)17(28(37(32)33)15-7-5-14(6-8-15)23(24,25)26)13-27-20(30)18-11-9-16(36-18)10-12-19(29)34-4/h5-9,11,17H,10,12-13H2,1-4H3,(H,27,30)(H,32,33). The largest absolute Gasteiger partial charge is 0.469 e. The smallest absolute Gasteiger partial charge is 0.416 e. The molecule has 0 saturated carbocycles. The predicted molar refractivity (Wildman–Crippen MR) is 131 cm³/mol. The van der Waals surface area contributed by atoms with Crippen molar-refractivity contribution in [3.05, 3.63) is 51.7 Å². The topological polar surface area (TPSA) is 122 Å². The van der Waals surface area contributed by atoms with Crippen LogP contribution in [0.5, 0.6) is 0 Å². The van der Waals surface area contributed by atoms with E-state index in [1.54, 1.807) is 26.8 Å². The quantitative estimate of drug-likeness (QED) is 0.331. The molecule has 37 heavy (non-hydrogen) atoms. The molecule has 14 heteroatoms. The van der Waals surface area contributed by atoms with Crippen LogP contribution in [0.1, 0.15) is 47.3 Å². The molecule has 9 nitrogen and oxygen atoms in total. The minimum atomic E-state index is -4.63. The van der Waals surface area contributed by atoms with Gasteiger partial charge in [-0.2, -0.15) is 13.2 Å². The second-order valence-electron chi connectivity index (χ2n) is 8.70. The number of alkyl halides is 3. The van der Waals surface area contributed by atoms with Crippen molar-refractivity contribution < 1.29 is 45.8 Å². The molecule has 0 aliphatic carbocycles. The zero-order chi connectivity index (χ0) is 28.0. The van der Waals surface area contributed by atoms with Crippen molar-refractivity contribution in [2.75, 3.05) is 18.0 Å². The zero-order valence-corrected chi connectivity index (χ0v) is 22.1. The third kappa shape index (κ3) is 9.13. The van der Waals surface area contributed by atoms with Gasteiger partial charge in [0.1, 0.15) is 5.60 Å². The highest BCUT2D eigenvalue weighted by Gasteiger charge is 2.36. The fraction of sp³-hybridized carbons (Fsp3) is 0.435. The van der Waals surface area contributed by atoms with Gasteiger partial charge < -0.3 is 14.8 Å². The Labute approximate surface area is 218 Å². The summed E-state index contributed by atoms with van der Waals surface area (Å²) in [5, 5.41) is 2.51. The van der Waals surface area contributed by atoms with Gasteiger partial charge in [0.25, 0.3) is 17.2 Å². The first kappa shape index (κ1) is 30.3. The van der Waals surface area contributed by atoms with Gasteiger partial charge in [0.15, 0.2) is 6.04 Å². The Morgan fingerprint density at radius 3 is 2.24 bits per heavy atom. The lowest BCUT2D eigenvalue weighted by atomic mass is 10.1. The molecule has 0 aliphatic rings. The first-order valence-electron chi connectivity index (χ1n) is 10.9. The first-order valence-corrected chi connectivity index (χ1v) is 12.7. The highest BCUT2D eigenvalue weighted by Crippen LogP contribution is 2.31. The lowest BCUT2D eigenvalue weighted by Crippen LogP contribution is -2.51. The molecule has 2 N–H and O–H groups in total. The molecule has 1 heterocycles. The van der Waals surface area contributed by atoms with E-state index in [2.05, 4.69) is 10.1 Å². The van der Waals surface area contributed by atoms with Crippen LogP contribution in [0.3, 0.4) is 0 Å². The number of hydrogen-bond acceptors (Lipinski definition) is 7. The Bertz CT molecular complexity index is 1130. The minimum absolute atomic E-state index is 0.128. The molecule has 2 rings (SSSR count). The maximum absolute atomic E-state index is 13.0. The van der Waals surface area contributed by atoms with Gasteiger partial charge in [-0.25, -0.2) is 9.00 Å². The molecule has 0 saturated heterocycles. The average molecular weight is 565 g/mol. The molecule has 0 radical (unpaired) electrons. The fourth-order valence-corrected chi connectivity index (χ4v) is 4.65. The molecule has 0 fully saturated rings. The van der Waals surface area contributed by atoms with Crippen LogP contribution < -0.4 is 9.62 Å². The molecule has 1 aromatic carbocycles. The van der Waals surface area contributed by atoms with Crippen LogP contribution in [-0.2, 0) is 42.9 Å². The van der Waals surface area contributed by atoms with Gasteiger partial charge in [0.05, 0.1) is 36.2 Å². The van der Waals surface area contributed by atoms with E-state index in [0.717, 1.165) is 28.3 Å². The molecule has 2 atom stereocenters. The van der Waals surface area contributed by atoms with Crippen molar-refractivity contribution >= 4 is 46.1 Å². The van der Waals surface area contributed by atoms with E-state index in [1.807, 2.05) is 0 Å². The van der Waals surface area contributed by atoms with Gasteiger partial charge in [-0.1, -0.05) is 0 Å². The zero-order valence-electron chi connectivity index (χ0n) is 20.5. The van der Waals surface area contributed by atoms with Crippen LogP contribution in [0, 0.1) is 0 Å². The molecule has 0 spiro atoms. The number of carbonyl (C=O) groups excluding carboxylic acids is 3. The number of nitrogens with zero attached hydrogens (tertiary/aromatic N) is 1. The van der Waals surface area contributed by atoms with Crippen LogP contribution in [0.25, 0.3) is 0 Å². The number of carbonyl (C=O) groups is 3. The molecule has 1 amide bonds. The summed E-state index contributed by atoms with van der Waals surface area (Å²) in [6, 6.07) is 4.94. The van der Waals surface area contributed by atoms with Crippen LogP contribution in [0.4, 0.5) is 18.9 Å². The Balaban J connectivity index is 2.27. The third-order valence-corrected chi connectivity index (χ3v) is 6.67. The summed E-state index contributed by atoms with van der Waals surface area (Å²) in [5.74, 6) is -1.97. The van der Waals surface area contributed by atoms with Crippen molar-refractivity contribution in [1.82, 2.24) is 5.32 Å². The highest BCUT2D eigenvalue weighted by atomic mass is 32.2. The van der Waals surface area contributed by atoms with Crippen molar-refractivity contribution in [2.45, 2.75) is 51.4 Å². The van der Waals surface area contributed by atoms with Gasteiger partial charge in [-0.05, 0) is 63.6 Å². The number of halogens is 3. The summed E-state index contributed by atoms with van der Waals surface area (Å²) >= 11 is -1.75. The lowest BCUT2D eigenvalue weighted by Gasteiger charge is -2.31. The van der Waals surface area contributed by atoms with E-state index in [4.69, 9.17) is 4.74 Å². The number of thiophene rings is 1. The van der Waals surface area contributed by atoms with Crippen LogP contribution in [0.15, 0.2) is 36.4 Å². The summed E-state index contributed by atoms with van der Waals surface area (Å²) in [4.78, 5) is 38.0. The van der Waals surface area contributed by atoms with E-state index in [9.17, 15) is 36.3 Å².